The Bertz CT molecular complexity index is 1080. The average Bonchev–Trinajstić information content (AvgIpc) is 2.85. The van der Waals surface area contributed by atoms with Gasteiger partial charge in [-0.05, 0) is 40.8 Å². The number of fused-ring (bicyclic) bond motifs is 1. The average molecular weight is 354 g/mol. The lowest BCUT2D eigenvalue weighted by Gasteiger charge is -2.21. The van der Waals surface area contributed by atoms with Crippen LogP contribution in [0.1, 0.15) is 37.5 Å². The van der Waals surface area contributed by atoms with Crippen LogP contribution in [0.5, 0.6) is 0 Å². The molecule has 0 fully saturated rings. The Hall–Kier alpha value is -3.00. The fraction of sp³-hybridized carbons (Fsp3) is 0.200. The molecule has 3 aromatic rings. The van der Waals surface area contributed by atoms with Gasteiger partial charge in [-0.3, -0.25) is 4.68 Å². The number of hydrogen-bond donors (Lipinski definition) is 1. The first-order valence-electron chi connectivity index (χ1n) is 9.38. The summed E-state index contributed by atoms with van der Waals surface area (Å²) in [7, 11) is 2.02. The molecular weight excluding hydrogens is 328 g/mol. The fourth-order valence-corrected chi connectivity index (χ4v) is 3.91. The van der Waals surface area contributed by atoms with Gasteiger partial charge in [-0.2, -0.15) is 0 Å². The van der Waals surface area contributed by atoms with Crippen LogP contribution < -0.4 is 0 Å². The largest absolute Gasteiger partial charge is 0.304 e. The molecular formula is C25H26N2. The molecule has 0 spiro atoms. The summed E-state index contributed by atoms with van der Waals surface area (Å²) in [6.07, 6.45) is 6.39. The third-order valence-electron chi connectivity index (χ3n) is 5.97. The first-order chi connectivity index (χ1) is 12.9. The summed E-state index contributed by atoms with van der Waals surface area (Å²) in [5.41, 5.74) is 10.1. The van der Waals surface area contributed by atoms with Gasteiger partial charge in [0.25, 0.3) is 0 Å². The molecule has 4 rings (SSSR count). The fourth-order valence-electron chi connectivity index (χ4n) is 3.91. The SMILES string of the molecule is C=C(/C=C\C1=C(C)C(C)(C)c2ccccc21)c1cccc(-c2c[nH]n2C)c1. The first-order valence-corrected chi connectivity index (χ1v) is 9.38. The molecule has 2 aromatic carbocycles. The lowest BCUT2D eigenvalue weighted by molar-refractivity contribution is 0.639. The van der Waals surface area contributed by atoms with Crippen LogP contribution in [-0.2, 0) is 12.5 Å². The van der Waals surface area contributed by atoms with Crippen LogP contribution >= 0.6 is 0 Å². The minimum atomic E-state index is 0.0752. The molecule has 0 radical (unpaired) electrons. The molecule has 1 heterocycles. The minimum absolute atomic E-state index is 0.0752. The summed E-state index contributed by atoms with van der Waals surface area (Å²) in [6, 6.07) is 17.3. The molecule has 2 heteroatoms. The van der Waals surface area contributed by atoms with Gasteiger partial charge in [0.2, 0.25) is 0 Å². The summed E-state index contributed by atoms with van der Waals surface area (Å²) in [5, 5.41) is 3.12. The van der Waals surface area contributed by atoms with Gasteiger partial charge in [0.15, 0.2) is 0 Å². The van der Waals surface area contributed by atoms with E-state index in [1.807, 2.05) is 17.9 Å². The zero-order valence-corrected chi connectivity index (χ0v) is 16.5. The number of aryl methyl sites for hydroxylation is 1. The summed E-state index contributed by atoms with van der Waals surface area (Å²) in [4.78, 5) is 0. The van der Waals surface area contributed by atoms with E-state index in [-0.39, 0.29) is 5.41 Å². The summed E-state index contributed by atoms with van der Waals surface area (Å²) in [5.74, 6) is 0. The maximum Gasteiger partial charge on any atom is 0.0816 e. The lowest BCUT2D eigenvalue weighted by atomic mass is 9.82. The quantitative estimate of drug-likeness (QED) is 0.527. The van der Waals surface area contributed by atoms with Gasteiger partial charge < -0.3 is 5.10 Å². The second-order valence-corrected chi connectivity index (χ2v) is 7.87. The van der Waals surface area contributed by atoms with Crippen LogP contribution in [0.2, 0.25) is 0 Å². The van der Waals surface area contributed by atoms with Crippen LogP contribution in [0.25, 0.3) is 22.4 Å². The minimum Gasteiger partial charge on any atom is -0.304 e. The van der Waals surface area contributed by atoms with Crippen LogP contribution in [0.15, 0.2) is 79.0 Å². The molecule has 136 valence electrons. The highest BCUT2D eigenvalue weighted by molar-refractivity contribution is 5.88. The number of nitrogens with one attached hydrogen (secondary N) is 1. The van der Waals surface area contributed by atoms with E-state index >= 15 is 0 Å². The Kier molecular flexibility index (Phi) is 4.07. The highest BCUT2D eigenvalue weighted by Crippen LogP contribution is 2.46. The van der Waals surface area contributed by atoms with E-state index in [9.17, 15) is 0 Å². The highest BCUT2D eigenvalue weighted by Gasteiger charge is 2.33. The van der Waals surface area contributed by atoms with Gasteiger partial charge in [-0.25, -0.2) is 0 Å². The number of aromatic amines is 1. The van der Waals surface area contributed by atoms with Crippen molar-refractivity contribution in [2.75, 3.05) is 0 Å². The highest BCUT2D eigenvalue weighted by atomic mass is 15.3. The van der Waals surface area contributed by atoms with Crippen LogP contribution in [0.4, 0.5) is 0 Å². The van der Waals surface area contributed by atoms with Crippen molar-refractivity contribution in [3.8, 4) is 11.3 Å². The molecule has 1 N–H and O–H groups in total. The van der Waals surface area contributed by atoms with Crippen molar-refractivity contribution in [1.29, 1.82) is 0 Å². The van der Waals surface area contributed by atoms with E-state index in [0.717, 1.165) is 11.1 Å². The number of allylic oxidation sites excluding steroid dienone is 5. The zero-order valence-electron chi connectivity index (χ0n) is 16.5. The molecule has 0 atom stereocenters. The number of aromatic nitrogens is 2. The van der Waals surface area contributed by atoms with Crippen molar-refractivity contribution >= 4 is 11.1 Å². The first kappa shape index (κ1) is 17.4. The normalized spacial score (nSPS) is 15.6. The predicted octanol–water partition coefficient (Wildman–Crippen LogP) is 6.35. The second kappa shape index (κ2) is 6.31. The molecule has 0 saturated heterocycles. The van der Waals surface area contributed by atoms with E-state index in [2.05, 4.69) is 93.1 Å². The Morgan fingerprint density at radius 2 is 1.89 bits per heavy atom. The molecule has 0 bridgehead atoms. The van der Waals surface area contributed by atoms with E-state index < -0.39 is 0 Å². The molecule has 2 nitrogen and oxygen atoms in total. The van der Waals surface area contributed by atoms with Crippen LogP contribution in [-0.4, -0.2) is 9.78 Å². The molecule has 1 aromatic heterocycles. The maximum atomic E-state index is 4.31. The summed E-state index contributed by atoms with van der Waals surface area (Å²) < 4.78 is 2.02. The van der Waals surface area contributed by atoms with Crippen LogP contribution in [0.3, 0.4) is 0 Å². The predicted molar refractivity (Wildman–Crippen MR) is 115 cm³/mol. The molecule has 0 aliphatic heterocycles. The van der Waals surface area contributed by atoms with E-state index in [0.29, 0.717) is 0 Å². The molecule has 1 aliphatic carbocycles. The van der Waals surface area contributed by atoms with Gasteiger partial charge in [0.05, 0.1) is 5.69 Å². The van der Waals surface area contributed by atoms with Gasteiger partial charge >= 0.3 is 0 Å². The molecule has 0 saturated carbocycles. The third kappa shape index (κ3) is 2.82. The Morgan fingerprint density at radius 3 is 2.59 bits per heavy atom. The van der Waals surface area contributed by atoms with E-state index in [1.165, 1.54) is 33.5 Å². The van der Waals surface area contributed by atoms with E-state index in [4.69, 9.17) is 0 Å². The van der Waals surface area contributed by atoms with Crippen molar-refractivity contribution in [2.24, 2.45) is 7.05 Å². The summed E-state index contributed by atoms with van der Waals surface area (Å²) in [6.45, 7) is 11.2. The topological polar surface area (TPSA) is 20.7 Å². The van der Waals surface area contributed by atoms with E-state index in [1.54, 1.807) is 0 Å². The van der Waals surface area contributed by atoms with Gasteiger partial charge in [-0.1, -0.05) is 80.6 Å². The van der Waals surface area contributed by atoms with Crippen LogP contribution in [0, 0.1) is 0 Å². The number of hydrogen-bond acceptors (Lipinski definition) is 0. The van der Waals surface area contributed by atoms with Gasteiger partial charge in [0, 0.05) is 24.2 Å². The van der Waals surface area contributed by atoms with Crippen molar-refractivity contribution in [2.45, 2.75) is 26.2 Å². The number of H-pyrrole nitrogens is 1. The second-order valence-electron chi connectivity index (χ2n) is 7.87. The van der Waals surface area contributed by atoms with Crippen molar-refractivity contribution in [3.05, 3.63) is 95.7 Å². The molecule has 0 unspecified atom stereocenters. The lowest BCUT2D eigenvalue weighted by Crippen LogP contribution is -2.15. The smallest absolute Gasteiger partial charge is 0.0816 e. The Morgan fingerprint density at radius 1 is 1.11 bits per heavy atom. The number of rotatable bonds is 4. The third-order valence-corrected chi connectivity index (χ3v) is 5.97. The zero-order chi connectivity index (χ0) is 19.2. The van der Waals surface area contributed by atoms with Gasteiger partial charge in [-0.15, -0.1) is 0 Å². The standard InChI is InChI=1S/C25H26N2/c1-17(19-9-8-10-20(15-19)24-16-26-27(24)5)13-14-21-18(2)25(3,4)23-12-7-6-11-22(21)23/h6-16,26H,1H2,2-5H3/b14-13-. The van der Waals surface area contributed by atoms with Crippen molar-refractivity contribution < 1.29 is 0 Å². The Labute approximate surface area is 161 Å². The summed E-state index contributed by atoms with van der Waals surface area (Å²) >= 11 is 0. The maximum absolute atomic E-state index is 4.31. The monoisotopic (exact) mass is 354 g/mol. The number of nitrogens with zero attached hydrogens (tertiary/aromatic N) is 1. The van der Waals surface area contributed by atoms with Crippen molar-refractivity contribution in [3.63, 3.8) is 0 Å². The Balaban J connectivity index is 1.65. The molecule has 1 aliphatic rings. The van der Waals surface area contributed by atoms with Gasteiger partial charge in [0.1, 0.15) is 0 Å². The molecule has 27 heavy (non-hydrogen) atoms. The van der Waals surface area contributed by atoms with Crippen molar-refractivity contribution in [1.82, 2.24) is 9.78 Å². The molecule has 0 amide bonds. The number of benzene rings is 2.